The molecule has 0 aromatic carbocycles. The Morgan fingerprint density at radius 1 is 1.21 bits per heavy atom. The van der Waals surface area contributed by atoms with Gasteiger partial charge in [0.15, 0.2) is 0 Å². The summed E-state index contributed by atoms with van der Waals surface area (Å²) in [6.07, 6.45) is 5.41. The van der Waals surface area contributed by atoms with Gasteiger partial charge >= 0.3 is 0 Å². The van der Waals surface area contributed by atoms with Crippen LogP contribution in [0.3, 0.4) is 0 Å². The number of nitrogens with two attached hydrogens (primary N) is 1. The molecule has 0 bridgehead atoms. The average molecular weight is 286 g/mol. The molecule has 0 heterocycles. The lowest BCUT2D eigenvalue weighted by Crippen LogP contribution is -2.51. The van der Waals surface area contributed by atoms with Crippen LogP contribution in [-0.2, 0) is 4.79 Å². The van der Waals surface area contributed by atoms with Crippen LogP contribution < -0.4 is 5.73 Å². The first kappa shape index (κ1) is 18.4. The Bertz CT molecular complexity index is 299. The van der Waals surface area contributed by atoms with Gasteiger partial charge in [-0.2, -0.15) is 0 Å². The van der Waals surface area contributed by atoms with Crippen molar-refractivity contribution in [2.45, 2.75) is 72.3 Å². The number of amides is 1. The standard InChI is InChI=1S/C15H30N2OS/c1-6-9-12(4)17(5)14(18)15(10-7-2,11-8-3)13(16)19/h12H,6-11H2,1-5H3,(H2,16,19). The summed E-state index contributed by atoms with van der Waals surface area (Å²) < 4.78 is 0. The van der Waals surface area contributed by atoms with Crippen LogP contribution in [-0.4, -0.2) is 28.9 Å². The van der Waals surface area contributed by atoms with E-state index < -0.39 is 5.41 Å². The molecule has 1 amide bonds. The fourth-order valence-electron chi connectivity index (χ4n) is 2.69. The van der Waals surface area contributed by atoms with Crippen molar-refractivity contribution in [3.05, 3.63) is 0 Å². The van der Waals surface area contributed by atoms with Crippen molar-refractivity contribution in [2.75, 3.05) is 7.05 Å². The number of thiocarbonyl (C=S) groups is 1. The highest BCUT2D eigenvalue weighted by Crippen LogP contribution is 2.33. The Hall–Kier alpha value is -0.640. The summed E-state index contributed by atoms with van der Waals surface area (Å²) in [5, 5.41) is 0. The highest BCUT2D eigenvalue weighted by Gasteiger charge is 2.42. The Morgan fingerprint density at radius 2 is 1.68 bits per heavy atom. The van der Waals surface area contributed by atoms with E-state index >= 15 is 0 Å². The van der Waals surface area contributed by atoms with E-state index in [1.165, 1.54) is 0 Å². The summed E-state index contributed by atoms with van der Waals surface area (Å²) in [5.74, 6) is 0.102. The van der Waals surface area contributed by atoms with E-state index in [4.69, 9.17) is 18.0 Å². The normalized spacial score (nSPS) is 13.1. The van der Waals surface area contributed by atoms with Crippen LogP contribution in [0.25, 0.3) is 0 Å². The summed E-state index contributed by atoms with van der Waals surface area (Å²) in [6, 6.07) is 0.236. The zero-order valence-electron chi connectivity index (χ0n) is 13.2. The zero-order valence-corrected chi connectivity index (χ0v) is 14.0. The Kier molecular flexibility index (Phi) is 8.23. The van der Waals surface area contributed by atoms with E-state index in [0.717, 1.165) is 38.5 Å². The molecule has 3 nitrogen and oxygen atoms in total. The van der Waals surface area contributed by atoms with Gasteiger partial charge in [0.05, 0.1) is 10.4 Å². The molecule has 0 saturated carbocycles. The van der Waals surface area contributed by atoms with Crippen LogP contribution in [0, 0.1) is 5.41 Å². The van der Waals surface area contributed by atoms with Crippen molar-refractivity contribution in [3.63, 3.8) is 0 Å². The van der Waals surface area contributed by atoms with Crippen LogP contribution in [0.1, 0.15) is 66.2 Å². The minimum absolute atomic E-state index is 0.102. The Labute approximate surface area is 123 Å². The molecule has 0 saturated heterocycles. The largest absolute Gasteiger partial charge is 0.392 e. The number of rotatable bonds is 9. The summed E-state index contributed by atoms with van der Waals surface area (Å²) in [7, 11) is 1.88. The van der Waals surface area contributed by atoms with Gasteiger partial charge in [-0.25, -0.2) is 0 Å². The molecule has 0 fully saturated rings. The maximum atomic E-state index is 12.9. The number of carbonyl (C=O) groups is 1. The lowest BCUT2D eigenvalue weighted by atomic mass is 9.77. The predicted molar refractivity (Wildman–Crippen MR) is 86.2 cm³/mol. The molecule has 2 N–H and O–H groups in total. The predicted octanol–water partition coefficient (Wildman–Crippen LogP) is 3.51. The number of hydrogen-bond acceptors (Lipinski definition) is 2. The molecule has 1 atom stereocenters. The number of hydrogen-bond donors (Lipinski definition) is 1. The monoisotopic (exact) mass is 286 g/mol. The van der Waals surface area contributed by atoms with E-state index in [1.807, 2.05) is 11.9 Å². The fraction of sp³-hybridized carbons (Fsp3) is 0.867. The molecule has 4 heteroatoms. The van der Waals surface area contributed by atoms with E-state index in [2.05, 4.69) is 27.7 Å². The third kappa shape index (κ3) is 4.44. The molecule has 0 aliphatic heterocycles. The van der Waals surface area contributed by atoms with Crippen molar-refractivity contribution in [2.24, 2.45) is 11.1 Å². The van der Waals surface area contributed by atoms with E-state index in [9.17, 15) is 4.79 Å². The van der Waals surface area contributed by atoms with Gasteiger partial charge in [0.1, 0.15) is 0 Å². The van der Waals surface area contributed by atoms with Crippen molar-refractivity contribution in [1.82, 2.24) is 4.90 Å². The van der Waals surface area contributed by atoms with Crippen molar-refractivity contribution < 1.29 is 4.79 Å². The summed E-state index contributed by atoms with van der Waals surface area (Å²) >= 11 is 5.24. The van der Waals surface area contributed by atoms with E-state index in [1.54, 1.807) is 0 Å². The molecule has 1 unspecified atom stereocenters. The van der Waals surface area contributed by atoms with Crippen LogP contribution in [0.15, 0.2) is 0 Å². The molecule has 0 aromatic heterocycles. The summed E-state index contributed by atoms with van der Waals surface area (Å²) in [5.41, 5.74) is 5.30. The SMILES string of the molecule is CCCC(C)N(C)C(=O)C(CCC)(CCC)C(N)=S. The first-order chi connectivity index (χ1) is 8.87. The summed E-state index contributed by atoms with van der Waals surface area (Å²) in [4.78, 5) is 15.1. The third-order valence-corrected chi connectivity index (χ3v) is 4.31. The van der Waals surface area contributed by atoms with E-state index in [0.29, 0.717) is 4.99 Å². The highest BCUT2D eigenvalue weighted by atomic mass is 32.1. The minimum Gasteiger partial charge on any atom is -0.392 e. The second-order valence-electron chi connectivity index (χ2n) is 5.50. The molecular formula is C15H30N2OS. The average Bonchev–Trinajstić information content (AvgIpc) is 2.36. The molecule has 112 valence electrons. The molecule has 0 radical (unpaired) electrons. The number of nitrogens with zero attached hydrogens (tertiary/aromatic N) is 1. The van der Waals surface area contributed by atoms with Gasteiger partial charge in [-0.3, -0.25) is 4.79 Å². The third-order valence-electron chi connectivity index (χ3n) is 3.92. The maximum Gasteiger partial charge on any atom is 0.235 e. The lowest BCUT2D eigenvalue weighted by molar-refractivity contribution is -0.139. The second-order valence-corrected chi connectivity index (χ2v) is 5.94. The smallest absolute Gasteiger partial charge is 0.235 e. The molecule has 0 rings (SSSR count). The van der Waals surface area contributed by atoms with Gasteiger partial charge in [-0.15, -0.1) is 0 Å². The van der Waals surface area contributed by atoms with Crippen molar-refractivity contribution in [3.8, 4) is 0 Å². The van der Waals surface area contributed by atoms with Crippen LogP contribution in [0.4, 0.5) is 0 Å². The second kappa shape index (κ2) is 8.51. The van der Waals surface area contributed by atoms with Crippen LogP contribution in [0.5, 0.6) is 0 Å². The van der Waals surface area contributed by atoms with Crippen molar-refractivity contribution in [1.29, 1.82) is 0 Å². The van der Waals surface area contributed by atoms with Gasteiger partial charge in [0.25, 0.3) is 0 Å². The lowest BCUT2D eigenvalue weighted by Gasteiger charge is -2.37. The zero-order chi connectivity index (χ0) is 15.1. The Morgan fingerprint density at radius 3 is 2.00 bits per heavy atom. The molecular weight excluding hydrogens is 256 g/mol. The first-order valence-electron chi connectivity index (χ1n) is 7.44. The van der Waals surface area contributed by atoms with Gasteiger partial charge in [0, 0.05) is 13.1 Å². The molecule has 0 aliphatic rings. The Balaban J connectivity index is 5.23. The molecule has 19 heavy (non-hydrogen) atoms. The molecule has 0 spiro atoms. The van der Waals surface area contributed by atoms with Gasteiger partial charge in [-0.1, -0.05) is 52.3 Å². The van der Waals surface area contributed by atoms with Gasteiger partial charge in [-0.05, 0) is 26.2 Å². The van der Waals surface area contributed by atoms with Gasteiger partial charge < -0.3 is 10.6 Å². The summed E-state index contributed by atoms with van der Waals surface area (Å²) in [6.45, 7) is 8.37. The number of carbonyl (C=O) groups excluding carboxylic acids is 1. The van der Waals surface area contributed by atoms with Gasteiger partial charge in [0.2, 0.25) is 5.91 Å². The fourth-order valence-corrected chi connectivity index (χ4v) is 2.98. The topological polar surface area (TPSA) is 46.3 Å². The quantitative estimate of drug-likeness (QED) is 0.660. The van der Waals surface area contributed by atoms with E-state index in [-0.39, 0.29) is 11.9 Å². The van der Waals surface area contributed by atoms with Crippen LogP contribution >= 0.6 is 12.2 Å². The molecule has 0 aromatic rings. The van der Waals surface area contributed by atoms with Crippen LogP contribution in [0.2, 0.25) is 0 Å². The maximum absolute atomic E-state index is 12.9. The molecule has 0 aliphatic carbocycles. The highest BCUT2D eigenvalue weighted by molar-refractivity contribution is 7.80. The minimum atomic E-state index is -0.643. The first-order valence-corrected chi connectivity index (χ1v) is 7.85. The van der Waals surface area contributed by atoms with Crippen molar-refractivity contribution >= 4 is 23.1 Å².